The zero-order valence-electron chi connectivity index (χ0n) is 10.9. The largest absolute Gasteiger partial charge is 0.496 e. The number of ether oxygens (including phenoxy) is 1. The second-order valence-electron chi connectivity index (χ2n) is 3.87. The molecule has 0 fully saturated rings. The molecule has 0 saturated heterocycles. The molecule has 0 spiro atoms. The number of rotatable bonds is 6. The molecule has 1 N–H and O–H groups in total. The van der Waals surface area contributed by atoms with E-state index in [1.54, 1.807) is 19.1 Å². The third-order valence-corrected chi connectivity index (χ3v) is 2.89. The van der Waals surface area contributed by atoms with Gasteiger partial charge >= 0.3 is 5.97 Å². The van der Waals surface area contributed by atoms with E-state index in [1.165, 1.54) is 18.1 Å². The van der Waals surface area contributed by atoms with Crippen LogP contribution in [0.5, 0.6) is 5.75 Å². The Hall–Kier alpha value is -1.75. The van der Waals surface area contributed by atoms with Gasteiger partial charge in [0.15, 0.2) is 0 Å². The summed E-state index contributed by atoms with van der Waals surface area (Å²) in [5.74, 6) is -0.810. The minimum absolute atomic E-state index is 0.0948. The summed E-state index contributed by atoms with van der Waals surface area (Å²) in [6, 6.07) is 4.76. The van der Waals surface area contributed by atoms with Crippen LogP contribution in [0.2, 0.25) is 5.02 Å². The monoisotopic (exact) mass is 285 g/mol. The quantitative estimate of drug-likeness (QED) is 0.871. The molecule has 0 atom stereocenters. The molecule has 1 aromatic carbocycles. The summed E-state index contributed by atoms with van der Waals surface area (Å²) in [4.78, 5) is 24.3. The maximum atomic E-state index is 12.3. The molecule has 0 aliphatic carbocycles. The molecule has 0 unspecified atom stereocenters. The molecular weight excluding hydrogens is 270 g/mol. The fourth-order valence-electron chi connectivity index (χ4n) is 1.65. The lowest BCUT2D eigenvalue weighted by atomic mass is 10.1. The van der Waals surface area contributed by atoms with Gasteiger partial charge in [-0.1, -0.05) is 11.6 Å². The highest BCUT2D eigenvalue weighted by molar-refractivity contribution is 6.31. The maximum absolute atomic E-state index is 12.3. The number of benzene rings is 1. The van der Waals surface area contributed by atoms with Crippen molar-refractivity contribution in [3.8, 4) is 5.75 Å². The lowest BCUT2D eigenvalue weighted by Crippen LogP contribution is -2.33. The summed E-state index contributed by atoms with van der Waals surface area (Å²) < 4.78 is 5.12. The fourth-order valence-corrected chi connectivity index (χ4v) is 1.82. The standard InChI is InChI=1S/C13H16ClNO4/c1-3-15(7-6-12(16)17)13(18)10-8-9(14)4-5-11(10)19-2/h4-5,8H,3,6-7H2,1-2H3,(H,16,17). The van der Waals surface area contributed by atoms with Gasteiger partial charge in [-0.2, -0.15) is 0 Å². The predicted octanol–water partition coefficient (Wildman–Crippen LogP) is 2.29. The maximum Gasteiger partial charge on any atom is 0.305 e. The number of carboxylic acid groups (broad SMARTS) is 1. The summed E-state index contributed by atoms with van der Waals surface area (Å²) in [5.41, 5.74) is 0.335. The minimum atomic E-state index is -0.940. The summed E-state index contributed by atoms with van der Waals surface area (Å²) >= 11 is 5.87. The van der Waals surface area contributed by atoms with Gasteiger partial charge in [-0.3, -0.25) is 9.59 Å². The number of carboxylic acids is 1. The van der Waals surface area contributed by atoms with Crippen LogP contribution in [0.4, 0.5) is 0 Å². The molecule has 0 aliphatic heterocycles. The third-order valence-electron chi connectivity index (χ3n) is 2.66. The molecule has 0 aliphatic rings. The van der Waals surface area contributed by atoms with Crippen LogP contribution in [-0.2, 0) is 4.79 Å². The van der Waals surface area contributed by atoms with Crippen molar-refractivity contribution in [2.75, 3.05) is 20.2 Å². The first-order valence-corrected chi connectivity index (χ1v) is 6.22. The van der Waals surface area contributed by atoms with Gasteiger partial charge in [-0.15, -0.1) is 0 Å². The van der Waals surface area contributed by atoms with Crippen molar-refractivity contribution in [1.29, 1.82) is 0 Å². The summed E-state index contributed by atoms with van der Waals surface area (Å²) in [5, 5.41) is 9.10. The molecule has 1 rings (SSSR count). The van der Waals surface area contributed by atoms with Crippen molar-refractivity contribution in [3.05, 3.63) is 28.8 Å². The highest BCUT2D eigenvalue weighted by Crippen LogP contribution is 2.24. The number of carbonyl (C=O) groups is 2. The Bertz CT molecular complexity index is 476. The molecule has 0 bridgehead atoms. The Labute approximate surface area is 116 Å². The second-order valence-corrected chi connectivity index (χ2v) is 4.31. The molecule has 19 heavy (non-hydrogen) atoms. The van der Waals surface area contributed by atoms with Crippen molar-refractivity contribution >= 4 is 23.5 Å². The first-order valence-electron chi connectivity index (χ1n) is 5.84. The van der Waals surface area contributed by atoms with Crippen molar-refractivity contribution in [2.45, 2.75) is 13.3 Å². The van der Waals surface area contributed by atoms with Crippen molar-refractivity contribution in [3.63, 3.8) is 0 Å². The third kappa shape index (κ3) is 4.13. The molecule has 0 radical (unpaired) electrons. The average Bonchev–Trinajstić information content (AvgIpc) is 2.38. The average molecular weight is 286 g/mol. The number of hydrogen-bond acceptors (Lipinski definition) is 3. The van der Waals surface area contributed by atoms with E-state index in [0.29, 0.717) is 22.9 Å². The van der Waals surface area contributed by atoms with Gasteiger partial charge in [0.05, 0.1) is 19.1 Å². The molecular formula is C13H16ClNO4. The van der Waals surface area contributed by atoms with E-state index in [0.717, 1.165) is 0 Å². The SMILES string of the molecule is CCN(CCC(=O)O)C(=O)c1cc(Cl)ccc1OC. The van der Waals surface area contributed by atoms with E-state index in [4.69, 9.17) is 21.4 Å². The smallest absolute Gasteiger partial charge is 0.305 e. The molecule has 5 nitrogen and oxygen atoms in total. The van der Waals surface area contributed by atoms with Gasteiger partial charge in [0.1, 0.15) is 5.75 Å². The van der Waals surface area contributed by atoms with E-state index >= 15 is 0 Å². The Morgan fingerprint density at radius 1 is 1.42 bits per heavy atom. The molecule has 0 heterocycles. The Balaban J connectivity index is 2.96. The molecule has 1 aromatic rings. The number of carbonyl (C=O) groups excluding carboxylic acids is 1. The summed E-state index contributed by atoms with van der Waals surface area (Å²) in [7, 11) is 1.47. The number of nitrogens with zero attached hydrogens (tertiary/aromatic N) is 1. The highest BCUT2D eigenvalue weighted by atomic mass is 35.5. The Morgan fingerprint density at radius 3 is 2.63 bits per heavy atom. The zero-order valence-corrected chi connectivity index (χ0v) is 11.6. The highest BCUT2D eigenvalue weighted by Gasteiger charge is 2.19. The van der Waals surface area contributed by atoms with Gasteiger partial charge in [0.2, 0.25) is 0 Å². The minimum Gasteiger partial charge on any atom is -0.496 e. The lowest BCUT2D eigenvalue weighted by Gasteiger charge is -2.21. The van der Waals surface area contributed by atoms with E-state index in [9.17, 15) is 9.59 Å². The number of methoxy groups -OCH3 is 1. The lowest BCUT2D eigenvalue weighted by molar-refractivity contribution is -0.137. The Morgan fingerprint density at radius 2 is 2.11 bits per heavy atom. The van der Waals surface area contributed by atoms with Crippen LogP contribution >= 0.6 is 11.6 Å². The first kappa shape index (κ1) is 15.3. The number of halogens is 1. The zero-order chi connectivity index (χ0) is 14.4. The number of hydrogen-bond donors (Lipinski definition) is 1. The molecule has 1 amide bonds. The molecule has 6 heteroatoms. The van der Waals surface area contributed by atoms with Crippen LogP contribution < -0.4 is 4.74 Å². The van der Waals surface area contributed by atoms with Crippen molar-refractivity contribution in [2.24, 2.45) is 0 Å². The second kappa shape index (κ2) is 6.99. The van der Waals surface area contributed by atoms with Gasteiger partial charge in [0, 0.05) is 18.1 Å². The van der Waals surface area contributed by atoms with Gasteiger partial charge in [-0.05, 0) is 25.1 Å². The van der Waals surface area contributed by atoms with E-state index in [2.05, 4.69) is 0 Å². The molecule has 0 saturated carbocycles. The van der Waals surface area contributed by atoms with Crippen LogP contribution in [0.15, 0.2) is 18.2 Å². The van der Waals surface area contributed by atoms with Gasteiger partial charge < -0.3 is 14.7 Å². The van der Waals surface area contributed by atoms with Crippen LogP contribution in [0.3, 0.4) is 0 Å². The van der Waals surface area contributed by atoms with Crippen LogP contribution in [0, 0.1) is 0 Å². The summed E-state index contributed by atoms with van der Waals surface area (Å²) in [6.07, 6.45) is -0.0948. The number of amides is 1. The van der Waals surface area contributed by atoms with Crippen molar-refractivity contribution in [1.82, 2.24) is 4.90 Å². The predicted molar refractivity (Wildman–Crippen MR) is 71.8 cm³/mol. The van der Waals surface area contributed by atoms with Gasteiger partial charge in [-0.25, -0.2) is 0 Å². The normalized spacial score (nSPS) is 10.1. The number of aliphatic carboxylic acids is 1. The summed E-state index contributed by atoms with van der Waals surface area (Å²) in [6.45, 7) is 2.36. The van der Waals surface area contributed by atoms with Gasteiger partial charge in [0.25, 0.3) is 5.91 Å². The van der Waals surface area contributed by atoms with Crippen molar-refractivity contribution < 1.29 is 19.4 Å². The van der Waals surface area contributed by atoms with E-state index in [-0.39, 0.29) is 18.9 Å². The van der Waals surface area contributed by atoms with Crippen LogP contribution in [0.1, 0.15) is 23.7 Å². The first-order chi connectivity index (χ1) is 8.99. The van der Waals surface area contributed by atoms with E-state index in [1.807, 2.05) is 0 Å². The molecule has 104 valence electrons. The molecule has 0 aromatic heterocycles. The fraction of sp³-hybridized carbons (Fsp3) is 0.385. The Kier molecular flexibility index (Phi) is 5.63. The van der Waals surface area contributed by atoms with Crippen LogP contribution in [0.25, 0.3) is 0 Å². The van der Waals surface area contributed by atoms with Crippen LogP contribution in [-0.4, -0.2) is 42.1 Å². The topological polar surface area (TPSA) is 66.8 Å². The van der Waals surface area contributed by atoms with E-state index < -0.39 is 5.97 Å².